The van der Waals surface area contributed by atoms with Gasteiger partial charge in [-0.25, -0.2) is 0 Å². The number of nitrogens with two attached hydrogens (primary N) is 2. The lowest BCUT2D eigenvalue weighted by atomic mass is 10.2. The first-order valence-corrected chi connectivity index (χ1v) is 4.99. The maximum Gasteiger partial charge on any atom is 0.234 e. The van der Waals surface area contributed by atoms with Crippen LogP contribution in [0.15, 0.2) is 15.9 Å². The summed E-state index contributed by atoms with van der Waals surface area (Å²) in [6.45, 7) is 0. The molecule has 3 nitrogen and oxygen atoms in total. The van der Waals surface area contributed by atoms with Gasteiger partial charge < -0.3 is 11.5 Å². The van der Waals surface area contributed by atoms with Gasteiger partial charge in [0.25, 0.3) is 0 Å². The standard InChI is InChI=1S/C7H9BrN2OS/c8-6-2-1-4(12-6)3-5(9)7(10)11/h1-2,5H,3,9H2,(H2,10,11). The number of rotatable bonds is 3. The van der Waals surface area contributed by atoms with Crippen molar-refractivity contribution in [1.82, 2.24) is 0 Å². The fourth-order valence-electron chi connectivity index (χ4n) is 0.779. The summed E-state index contributed by atoms with van der Waals surface area (Å²) < 4.78 is 1.04. The Bertz CT molecular complexity index is 287. The lowest BCUT2D eigenvalue weighted by Gasteiger charge is -2.03. The molecule has 1 atom stereocenters. The Kier molecular flexibility index (Phi) is 3.25. The van der Waals surface area contributed by atoms with E-state index in [-0.39, 0.29) is 0 Å². The van der Waals surface area contributed by atoms with Gasteiger partial charge in [-0.2, -0.15) is 0 Å². The minimum atomic E-state index is -0.574. The number of carbonyl (C=O) groups excluding carboxylic acids is 1. The quantitative estimate of drug-likeness (QED) is 0.834. The molecule has 0 saturated carbocycles. The molecule has 12 heavy (non-hydrogen) atoms. The van der Waals surface area contributed by atoms with Crippen molar-refractivity contribution in [2.24, 2.45) is 11.5 Å². The van der Waals surface area contributed by atoms with Crippen LogP contribution in [0.25, 0.3) is 0 Å². The molecule has 0 spiro atoms. The lowest BCUT2D eigenvalue weighted by Crippen LogP contribution is -2.37. The number of halogens is 1. The van der Waals surface area contributed by atoms with Crippen molar-refractivity contribution >= 4 is 33.2 Å². The van der Waals surface area contributed by atoms with Crippen LogP contribution in [0.3, 0.4) is 0 Å². The first kappa shape index (κ1) is 9.70. The van der Waals surface area contributed by atoms with E-state index in [1.165, 1.54) is 0 Å². The van der Waals surface area contributed by atoms with E-state index < -0.39 is 11.9 Å². The predicted molar refractivity (Wildman–Crippen MR) is 52.9 cm³/mol. The van der Waals surface area contributed by atoms with Gasteiger partial charge in [-0.3, -0.25) is 4.79 Å². The highest BCUT2D eigenvalue weighted by atomic mass is 79.9. The van der Waals surface area contributed by atoms with Crippen LogP contribution in [0.5, 0.6) is 0 Å². The molecule has 1 rings (SSSR count). The molecule has 0 aliphatic heterocycles. The lowest BCUT2D eigenvalue weighted by molar-refractivity contribution is -0.119. The largest absolute Gasteiger partial charge is 0.368 e. The summed E-state index contributed by atoms with van der Waals surface area (Å²) in [5, 5.41) is 0. The van der Waals surface area contributed by atoms with E-state index in [1.807, 2.05) is 12.1 Å². The Morgan fingerprint density at radius 1 is 1.67 bits per heavy atom. The van der Waals surface area contributed by atoms with Crippen LogP contribution in [0.2, 0.25) is 0 Å². The summed E-state index contributed by atoms with van der Waals surface area (Å²) in [6.07, 6.45) is 0.519. The number of hydrogen-bond donors (Lipinski definition) is 2. The van der Waals surface area contributed by atoms with Gasteiger partial charge in [0.15, 0.2) is 0 Å². The molecule has 1 aromatic heterocycles. The SMILES string of the molecule is NC(=O)C(N)Cc1ccc(Br)s1. The molecule has 0 aromatic carbocycles. The minimum Gasteiger partial charge on any atom is -0.368 e. The monoisotopic (exact) mass is 248 g/mol. The van der Waals surface area contributed by atoms with Crippen LogP contribution < -0.4 is 11.5 Å². The summed E-state index contributed by atoms with van der Waals surface area (Å²) in [6, 6.07) is 3.28. The summed E-state index contributed by atoms with van der Waals surface area (Å²) in [7, 11) is 0. The van der Waals surface area contributed by atoms with Crippen molar-refractivity contribution in [3.8, 4) is 0 Å². The fourth-order valence-corrected chi connectivity index (χ4v) is 2.32. The zero-order valence-electron chi connectivity index (χ0n) is 6.29. The van der Waals surface area contributed by atoms with Crippen LogP contribution in [-0.2, 0) is 11.2 Å². The molecule has 5 heteroatoms. The van der Waals surface area contributed by atoms with Crippen molar-refractivity contribution in [2.75, 3.05) is 0 Å². The van der Waals surface area contributed by atoms with Gasteiger partial charge in [-0.05, 0) is 28.1 Å². The summed E-state index contributed by atoms with van der Waals surface area (Å²) >= 11 is 4.88. The number of carbonyl (C=O) groups is 1. The van der Waals surface area contributed by atoms with Crippen LogP contribution in [0, 0.1) is 0 Å². The number of thiophene rings is 1. The van der Waals surface area contributed by atoms with Crippen LogP contribution >= 0.6 is 27.3 Å². The second-order valence-electron chi connectivity index (χ2n) is 2.42. The summed E-state index contributed by atoms with van der Waals surface area (Å²) in [4.78, 5) is 11.7. The van der Waals surface area contributed by atoms with E-state index in [2.05, 4.69) is 15.9 Å². The van der Waals surface area contributed by atoms with Gasteiger partial charge in [0, 0.05) is 11.3 Å². The fraction of sp³-hybridized carbons (Fsp3) is 0.286. The van der Waals surface area contributed by atoms with Crippen LogP contribution in [0.1, 0.15) is 4.88 Å². The molecule has 0 aliphatic carbocycles. The van der Waals surface area contributed by atoms with Gasteiger partial charge in [-0.15, -0.1) is 11.3 Å². The summed E-state index contributed by atoms with van der Waals surface area (Å²) in [5.41, 5.74) is 10.5. The third-order valence-corrected chi connectivity index (χ3v) is 3.06. The van der Waals surface area contributed by atoms with Crippen molar-refractivity contribution in [2.45, 2.75) is 12.5 Å². The van der Waals surface area contributed by atoms with Crippen LogP contribution in [-0.4, -0.2) is 11.9 Å². The third kappa shape index (κ3) is 2.58. The maximum absolute atomic E-state index is 10.6. The Labute approximate surface area is 82.9 Å². The molecule has 0 bridgehead atoms. The van der Waals surface area contributed by atoms with E-state index in [9.17, 15) is 4.79 Å². The van der Waals surface area contributed by atoms with E-state index in [1.54, 1.807) is 11.3 Å². The van der Waals surface area contributed by atoms with Crippen molar-refractivity contribution in [3.63, 3.8) is 0 Å². The highest BCUT2D eigenvalue weighted by molar-refractivity contribution is 9.11. The van der Waals surface area contributed by atoms with Gasteiger partial charge in [-0.1, -0.05) is 0 Å². The van der Waals surface area contributed by atoms with Crippen molar-refractivity contribution in [3.05, 3.63) is 20.8 Å². The normalized spacial score (nSPS) is 12.8. The maximum atomic E-state index is 10.6. The zero-order valence-corrected chi connectivity index (χ0v) is 8.69. The average molecular weight is 249 g/mol. The van der Waals surface area contributed by atoms with Crippen molar-refractivity contribution in [1.29, 1.82) is 0 Å². The molecule has 0 saturated heterocycles. The molecule has 4 N–H and O–H groups in total. The number of amides is 1. The van der Waals surface area contributed by atoms with Gasteiger partial charge >= 0.3 is 0 Å². The molecule has 66 valence electrons. The Balaban J connectivity index is 2.58. The predicted octanol–water partition coefficient (Wildman–Crippen LogP) is 0.866. The smallest absolute Gasteiger partial charge is 0.234 e. The molecule has 1 heterocycles. The van der Waals surface area contributed by atoms with E-state index >= 15 is 0 Å². The van der Waals surface area contributed by atoms with E-state index in [0.717, 1.165) is 8.66 Å². The Morgan fingerprint density at radius 3 is 2.75 bits per heavy atom. The number of primary amides is 1. The molecule has 1 amide bonds. The molecule has 1 unspecified atom stereocenters. The molecule has 0 fully saturated rings. The van der Waals surface area contributed by atoms with Crippen LogP contribution in [0.4, 0.5) is 0 Å². The van der Waals surface area contributed by atoms with Crippen molar-refractivity contribution < 1.29 is 4.79 Å². The second kappa shape index (κ2) is 4.02. The number of hydrogen-bond acceptors (Lipinski definition) is 3. The van der Waals surface area contributed by atoms with Gasteiger partial charge in [0.2, 0.25) is 5.91 Å². The first-order chi connectivity index (χ1) is 5.59. The molecule has 0 aliphatic rings. The Hall–Kier alpha value is -0.390. The molecular weight excluding hydrogens is 240 g/mol. The minimum absolute atomic E-state index is 0.459. The third-order valence-electron chi connectivity index (χ3n) is 1.42. The second-order valence-corrected chi connectivity index (χ2v) is 4.97. The molecular formula is C7H9BrN2OS. The zero-order chi connectivity index (χ0) is 9.14. The van der Waals surface area contributed by atoms with Gasteiger partial charge in [0.05, 0.1) is 9.83 Å². The highest BCUT2D eigenvalue weighted by Gasteiger charge is 2.10. The molecule has 0 radical (unpaired) electrons. The molecule has 1 aromatic rings. The Morgan fingerprint density at radius 2 is 2.33 bits per heavy atom. The van der Waals surface area contributed by atoms with E-state index in [4.69, 9.17) is 11.5 Å². The summed E-state index contributed by atoms with van der Waals surface area (Å²) in [5.74, 6) is -0.459. The first-order valence-electron chi connectivity index (χ1n) is 3.38. The highest BCUT2D eigenvalue weighted by Crippen LogP contribution is 2.22. The van der Waals surface area contributed by atoms with E-state index in [0.29, 0.717) is 6.42 Å². The van der Waals surface area contributed by atoms with Gasteiger partial charge in [0.1, 0.15) is 0 Å². The average Bonchev–Trinajstić information content (AvgIpc) is 2.35. The topological polar surface area (TPSA) is 69.1 Å².